The van der Waals surface area contributed by atoms with Gasteiger partial charge < -0.3 is 25.0 Å². The van der Waals surface area contributed by atoms with Crippen molar-refractivity contribution in [2.75, 3.05) is 65.6 Å². The highest BCUT2D eigenvalue weighted by atomic mass is 16.5. The van der Waals surface area contributed by atoms with Crippen LogP contribution in [0.2, 0.25) is 0 Å². The van der Waals surface area contributed by atoms with Crippen LogP contribution in [0.1, 0.15) is 25.3 Å². The molecule has 2 fully saturated rings. The topological polar surface area (TPSA) is 78.4 Å². The van der Waals surface area contributed by atoms with Gasteiger partial charge >= 0.3 is 0 Å². The van der Waals surface area contributed by atoms with E-state index in [0.29, 0.717) is 19.1 Å². The van der Waals surface area contributed by atoms with Gasteiger partial charge in [0.05, 0.1) is 26.3 Å². The maximum atomic E-state index is 12.3. The summed E-state index contributed by atoms with van der Waals surface area (Å²) in [7, 11) is 0. The van der Waals surface area contributed by atoms with Crippen LogP contribution in [0.3, 0.4) is 0 Å². The predicted molar refractivity (Wildman–Crippen MR) is 118 cm³/mol. The molecule has 8 nitrogen and oxygen atoms in total. The van der Waals surface area contributed by atoms with Crippen molar-refractivity contribution in [1.82, 2.24) is 20.4 Å². The lowest BCUT2D eigenvalue weighted by Gasteiger charge is -2.26. The highest BCUT2D eigenvalue weighted by Crippen LogP contribution is 2.19. The third-order valence-corrected chi connectivity index (χ3v) is 5.36. The molecular formula is C22H35N5O3. The normalized spacial score (nSPS) is 17.8. The van der Waals surface area contributed by atoms with Crippen molar-refractivity contribution in [1.29, 1.82) is 0 Å². The van der Waals surface area contributed by atoms with Gasteiger partial charge in [0.15, 0.2) is 5.96 Å². The molecule has 2 saturated heterocycles. The zero-order chi connectivity index (χ0) is 21.0. The number of nitrogens with one attached hydrogen (secondary N) is 2. The monoisotopic (exact) mass is 417 g/mol. The van der Waals surface area contributed by atoms with E-state index in [2.05, 4.69) is 20.5 Å². The summed E-state index contributed by atoms with van der Waals surface area (Å²) in [5.74, 6) is 1.64. The van der Waals surface area contributed by atoms with E-state index >= 15 is 0 Å². The van der Waals surface area contributed by atoms with E-state index in [1.54, 1.807) is 0 Å². The van der Waals surface area contributed by atoms with E-state index in [1.165, 1.54) is 0 Å². The van der Waals surface area contributed by atoms with Gasteiger partial charge in [-0.1, -0.05) is 18.2 Å². The average molecular weight is 418 g/mol. The van der Waals surface area contributed by atoms with Crippen molar-refractivity contribution >= 4 is 11.9 Å². The van der Waals surface area contributed by atoms with E-state index in [4.69, 9.17) is 9.47 Å². The molecular weight excluding hydrogens is 382 g/mol. The van der Waals surface area contributed by atoms with Gasteiger partial charge in [-0.25, -0.2) is 4.99 Å². The molecule has 0 unspecified atom stereocenters. The van der Waals surface area contributed by atoms with Crippen LogP contribution in [0.15, 0.2) is 29.3 Å². The second kappa shape index (κ2) is 12.4. The Morgan fingerprint density at radius 1 is 1.13 bits per heavy atom. The van der Waals surface area contributed by atoms with Crippen LogP contribution in [0.4, 0.5) is 0 Å². The Kier molecular flexibility index (Phi) is 9.24. The Bertz CT molecular complexity index is 685. The number of carbonyl (C=O) groups excluding carboxylic acids is 1. The molecule has 0 spiro atoms. The molecule has 1 aromatic carbocycles. The summed E-state index contributed by atoms with van der Waals surface area (Å²) < 4.78 is 11.4. The number of hydrogen-bond donors (Lipinski definition) is 2. The van der Waals surface area contributed by atoms with Crippen molar-refractivity contribution < 1.29 is 14.3 Å². The van der Waals surface area contributed by atoms with Crippen molar-refractivity contribution in [3.8, 4) is 5.75 Å². The van der Waals surface area contributed by atoms with Crippen LogP contribution in [0, 0.1) is 0 Å². The van der Waals surface area contributed by atoms with Crippen LogP contribution in [0.25, 0.3) is 0 Å². The molecule has 0 saturated carbocycles. The van der Waals surface area contributed by atoms with Crippen LogP contribution in [0.5, 0.6) is 5.75 Å². The lowest BCUT2D eigenvalue weighted by atomic mass is 10.2. The molecule has 0 bridgehead atoms. The maximum absolute atomic E-state index is 12.3. The van der Waals surface area contributed by atoms with Crippen molar-refractivity contribution in [2.45, 2.75) is 26.3 Å². The third-order valence-electron chi connectivity index (χ3n) is 5.36. The van der Waals surface area contributed by atoms with Gasteiger partial charge in [0.1, 0.15) is 12.4 Å². The Balaban J connectivity index is 1.50. The van der Waals surface area contributed by atoms with Gasteiger partial charge in [-0.15, -0.1) is 0 Å². The summed E-state index contributed by atoms with van der Waals surface area (Å²) in [4.78, 5) is 21.2. The van der Waals surface area contributed by atoms with Gasteiger partial charge in [-0.2, -0.15) is 0 Å². The van der Waals surface area contributed by atoms with Gasteiger partial charge in [0.2, 0.25) is 5.91 Å². The molecule has 0 radical (unpaired) electrons. The molecule has 1 aromatic rings. The lowest BCUT2D eigenvalue weighted by molar-refractivity contribution is -0.128. The Hall–Kier alpha value is -2.32. The van der Waals surface area contributed by atoms with Gasteiger partial charge in [-0.05, 0) is 25.8 Å². The van der Waals surface area contributed by atoms with E-state index < -0.39 is 0 Å². The molecule has 2 aliphatic rings. The van der Waals surface area contributed by atoms with Gasteiger partial charge in [-0.3, -0.25) is 9.69 Å². The number of rotatable bonds is 9. The fraction of sp³-hybridized carbons (Fsp3) is 0.636. The fourth-order valence-corrected chi connectivity index (χ4v) is 3.63. The first-order chi connectivity index (χ1) is 14.8. The molecule has 2 heterocycles. The van der Waals surface area contributed by atoms with Crippen LogP contribution in [-0.4, -0.2) is 87.3 Å². The quantitative estimate of drug-likeness (QED) is 0.462. The number of guanidine groups is 1. The highest BCUT2D eigenvalue weighted by Gasteiger charge is 2.17. The fourth-order valence-electron chi connectivity index (χ4n) is 3.63. The molecule has 0 aliphatic carbocycles. The second-order valence-electron chi connectivity index (χ2n) is 7.55. The van der Waals surface area contributed by atoms with Gasteiger partial charge in [0.25, 0.3) is 0 Å². The lowest BCUT2D eigenvalue weighted by Crippen LogP contribution is -2.44. The third kappa shape index (κ3) is 7.18. The number of amides is 1. The largest absolute Gasteiger partial charge is 0.492 e. The zero-order valence-electron chi connectivity index (χ0n) is 18.1. The van der Waals surface area contributed by atoms with Crippen LogP contribution in [-0.2, 0) is 16.1 Å². The minimum Gasteiger partial charge on any atom is -0.492 e. The van der Waals surface area contributed by atoms with Crippen molar-refractivity contribution in [3.63, 3.8) is 0 Å². The first-order valence-corrected chi connectivity index (χ1v) is 11.1. The van der Waals surface area contributed by atoms with E-state index in [9.17, 15) is 4.79 Å². The Labute approximate surface area is 179 Å². The molecule has 2 aliphatic heterocycles. The van der Waals surface area contributed by atoms with Crippen molar-refractivity contribution in [2.24, 2.45) is 4.99 Å². The number of nitrogens with zero attached hydrogens (tertiary/aromatic N) is 3. The smallest absolute Gasteiger partial charge is 0.241 e. The molecule has 30 heavy (non-hydrogen) atoms. The first kappa shape index (κ1) is 22.4. The van der Waals surface area contributed by atoms with Crippen LogP contribution < -0.4 is 15.4 Å². The SMILES string of the molecule is CCNC(=NCc1ccccc1OCCN1CCOCC1)NCC(=O)N1CCCC1. The Morgan fingerprint density at radius 3 is 2.67 bits per heavy atom. The minimum atomic E-state index is 0.130. The second-order valence-corrected chi connectivity index (χ2v) is 7.55. The van der Waals surface area contributed by atoms with Gasteiger partial charge in [0, 0.05) is 44.8 Å². The molecule has 3 rings (SSSR count). The summed E-state index contributed by atoms with van der Waals surface area (Å²) in [6.45, 7) is 10.3. The standard InChI is InChI=1S/C22H35N5O3/c1-2-23-22(25-18-21(28)27-9-5-6-10-27)24-17-19-7-3-4-8-20(19)30-16-13-26-11-14-29-15-12-26/h3-4,7-8H,2,5-6,9-18H2,1H3,(H2,23,24,25). The zero-order valence-corrected chi connectivity index (χ0v) is 18.1. The molecule has 2 N–H and O–H groups in total. The van der Waals surface area contributed by atoms with E-state index in [1.807, 2.05) is 36.1 Å². The number of benzene rings is 1. The number of likely N-dealkylation sites (tertiary alicyclic amines) is 1. The number of para-hydroxylation sites is 1. The number of morpholine rings is 1. The summed E-state index contributed by atoms with van der Waals surface area (Å²) in [5, 5.41) is 6.37. The number of aliphatic imine (C=N–C) groups is 1. The van der Waals surface area contributed by atoms with Crippen molar-refractivity contribution in [3.05, 3.63) is 29.8 Å². The summed E-state index contributed by atoms with van der Waals surface area (Å²) in [6, 6.07) is 8.00. The molecule has 1 amide bonds. The maximum Gasteiger partial charge on any atom is 0.241 e. The van der Waals surface area contributed by atoms with E-state index in [0.717, 1.165) is 76.6 Å². The molecule has 0 atom stereocenters. The molecule has 0 aromatic heterocycles. The molecule has 166 valence electrons. The first-order valence-electron chi connectivity index (χ1n) is 11.1. The number of carbonyl (C=O) groups is 1. The summed E-state index contributed by atoms with van der Waals surface area (Å²) >= 11 is 0. The number of hydrogen-bond acceptors (Lipinski definition) is 5. The Morgan fingerprint density at radius 2 is 1.90 bits per heavy atom. The minimum absolute atomic E-state index is 0.130. The highest BCUT2D eigenvalue weighted by molar-refractivity contribution is 5.86. The predicted octanol–water partition coefficient (Wildman–Crippen LogP) is 1.08. The average Bonchev–Trinajstić information content (AvgIpc) is 3.32. The van der Waals surface area contributed by atoms with E-state index in [-0.39, 0.29) is 12.5 Å². The molecule has 8 heteroatoms. The summed E-state index contributed by atoms with van der Waals surface area (Å²) in [6.07, 6.45) is 2.20. The summed E-state index contributed by atoms with van der Waals surface area (Å²) in [5.41, 5.74) is 1.03. The van der Waals surface area contributed by atoms with Crippen LogP contribution >= 0.6 is 0 Å². The number of ether oxygens (including phenoxy) is 2.